The van der Waals surface area contributed by atoms with Crippen LogP contribution >= 0.6 is 0 Å². The number of halogens is 1. The number of sulfonamides is 1. The van der Waals surface area contributed by atoms with E-state index in [1.54, 1.807) is 6.07 Å². The van der Waals surface area contributed by atoms with Crippen molar-refractivity contribution in [2.75, 3.05) is 18.9 Å². The van der Waals surface area contributed by atoms with Crippen LogP contribution in [0.4, 0.5) is 10.2 Å². The molecule has 0 unspecified atom stereocenters. The van der Waals surface area contributed by atoms with Gasteiger partial charge in [-0.25, -0.2) is 17.5 Å². The van der Waals surface area contributed by atoms with Gasteiger partial charge in [0.15, 0.2) is 0 Å². The van der Waals surface area contributed by atoms with Crippen molar-refractivity contribution < 1.29 is 17.6 Å². The van der Waals surface area contributed by atoms with Crippen LogP contribution in [0.15, 0.2) is 59.5 Å². The number of benzene rings is 2. The van der Waals surface area contributed by atoms with E-state index in [2.05, 4.69) is 10.4 Å². The van der Waals surface area contributed by atoms with E-state index >= 15 is 0 Å². The number of hydrogen-bond donors (Lipinski definition) is 1. The molecule has 1 aromatic heterocycles. The first-order valence-corrected chi connectivity index (χ1v) is 11.5. The van der Waals surface area contributed by atoms with Crippen molar-refractivity contribution in [1.29, 1.82) is 5.26 Å². The molecule has 1 N–H and O–H groups in total. The number of nitrogens with one attached hydrogen (secondary N) is 1. The molecule has 0 saturated carbocycles. The number of carbonyl (C=O) groups excluding carboxylic acids is 1. The van der Waals surface area contributed by atoms with E-state index < -0.39 is 28.3 Å². The van der Waals surface area contributed by atoms with E-state index in [1.807, 2.05) is 26.8 Å². The Labute approximate surface area is 192 Å². The van der Waals surface area contributed by atoms with Crippen LogP contribution in [0.5, 0.6) is 0 Å². The highest BCUT2D eigenvalue weighted by Crippen LogP contribution is 2.26. The molecule has 33 heavy (non-hydrogen) atoms. The maximum absolute atomic E-state index is 13.4. The van der Waals surface area contributed by atoms with Crippen LogP contribution in [-0.2, 0) is 20.2 Å². The molecule has 8 nitrogen and oxygen atoms in total. The third kappa shape index (κ3) is 5.45. The minimum absolute atomic E-state index is 0.0248. The summed E-state index contributed by atoms with van der Waals surface area (Å²) in [4.78, 5) is 12.7. The maximum Gasteiger partial charge on any atom is 0.243 e. The molecule has 0 fully saturated rings. The largest absolute Gasteiger partial charge is 0.309 e. The summed E-state index contributed by atoms with van der Waals surface area (Å²) in [6.07, 6.45) is 0. The molecule has 0 radical (unpaired) electrons. The quantitative estimate of drug-likeness (QED) is 0.595. The van der Waals surface area contributed by atoms with Gasteiger partial charge in [0.05, 0.1) is 34.5 Å². The molecular formula is C23H24FN5O3S. The lowest BCUT2D eigenvalue weighted by Crippen LogP contribution is -2.35. The predicted molar refractivity (Wildman–Crippen MR) is 122 cm³/mol. The molecule has 0 atom stereocenters. The van der Waals surface area contributed by atoms with E-state index in [-0.39, 0.29) is 10.3 Å². The van der Waals surface area contributed by atoms with E-state index in [0.717, 1.165) is 4.31 Å². The lowest BCUT2D eigenvalue weighted by Gasteiger charge is -2.17. The van der Waals surface area contributed by atoms with E-state index in [0.29, 0.717) is 22.8 Å². The van der Waals surface area contributed by atoms with Gasteiger partial charge in [0.2, 0.25) is 15.9 Å². The fraction of sp³-hybridized carbons (Fsp3) is 0.261. The summed E-state index contributed by atoms with van der Waals surface area (Å²) in [6.45, 7) is 5.46. The third-order valence-corrected chi connectivity index (χ3v) is 6.69. The molecule has 0 aliphatic heterocycles. The zero-order chi connectivity index (χ0) is 24.4. The zero-order valence-corrected chi connectivity index (χ0v) is 19.5. The third-order valence-electron chi connectivity index (χ3n) is 4.87. The number of hydrogen-bond acceptors (Lipinski definition) is 5. The summed E-state index contributed by atoms with van der Waals surface area (Å²) < 4.78 is 41.3. The Kier molecular flexibility index (Phi) is 6.67. The number of amides is 1. The maximum atomic E-state index is 13.4. The van der Waals surface area contributed by atoms with Crippen molar-refractivity contribution in [2.45, 2.75) is 31.1 Å². The molecule has 3 aromatic rings. The van der Waals surface area contributed by atoms with Crippen LogP contribution in [0.3, 0.4) is 0 Å². The normalized spacial score (nSPS) is 11.9. The summed E-state index contributed by atoms with van der Waals surface area (Å²) in [5, 5.41) is 16.1. The van der Waals surface area contributed by atoms with Gasteiger partial charge in [-0.1, -0.05) is 20.8 Å². The first-order valence-electron chi connectivity index (χ1n) is 10.0. The molecule has 0 spiro atoms. The molecule has 1 heterocycles. The van der Waals surface area contributed by atoms with Crippen LogP contribution in [0, 0.1) is 17.1 Å². The number of aromatic nitrogens is 2. The molecule has 0 saturated heterocycles. The van der Waals surface area contributed by atoms with Crippen molar-refractivity contribution in [1.82, 2.24) is 14.1 Å². The molecule has 0 aliphatic carbocycles. The van der Waals surface area contributed by atoms with Crippen LogP contribution in [-0.4, -0.2) is 42.0 Å². The summed E-state index contributed by atoms with van der Waals surface area (Å²) in [5.41, 5.74) is 1.25. The van der Waals surface area contributed by atoms with Gasteiger partial charge in [0.1, 0.15) is 11.6 Å². The first-order chi connectivity index (χ1) is 15.4. The van der Waals surface area contributed by atoms with Crippen molar-refractivity contribution in [2.24, 2.45) is 0 Å². The summed E-state index contributed by atoms with van der Waals surface area (Å²) in [5.74, 6) is -0.638. The number of nitrogens with zero attached hydrogens (tertiary/aromatic N) is 4. The molecule has 172 valence electrons. The number of likely N-dealkylation sites (N-methyl/N-ethyl adjacent to an activating group) is 1. The van der Waals surface area contributed by atoms with Crippen LogP contribution < -0.4 is 5.32 Å². The topological polar surface area (TPSA) is 108 Å². The minimum Gasteiger partial charge on any atom is -0.309 e. The summed E-state index contributed by atoms with van der Waals surface area (Å²) in [7, 11) is -2.64. The molecule has 2 aromatic carbocycles. The Morgan fingerprint density at radius 3 is 2.30 bits per heavy atom. The molecule has 1 amide bonds. The zero-order valence-electron chi connectivity index (χ0n) is 18.7. The Morgan fingerprint density at radius 2 is 1.76 bits per heavy atom. The first kappa shape index (κ1) is 24.1. The Bertz CT molecular complexity index is 1300. The van der Waals surface area contributed by atoms with E-state index in [9.17, 15) is 17.6 Å². The average Bonchev–Trinajstić information content (AvgIpc) is 3.18. The smallest absolute Gasteiger partial charge is 0.243 e. The van der Waals surface area contributed by atoms with Crippen LogP contribution in [0.1, 0.15) is 32.0 Å². The molecule has 3 rings (SSSR count). The van der Waals surface area contributed by atoms with Gasteiger partial charge in [0.25, 0.3) is 0 Å². The van der Waals surface area contributed by atoms with Gasteiger partial charge in [-0.05, 0) is 48.5 Å². The van der Waals surface area contributed by atoms with Gasteiger partial charge in [0, 0.05) is 18.5 Å². The highest BCUT2D eigenvalue weighted by molar-refractivity contribution is 7.89. The predicted octanol–water partition coefficient (Wildman–Crippen LogP) is 3.44. The standard InChI is InChI=1S/C23H24FN5O3S/c1-23(2,3)20-13-21(29(27-20)18-9-7-17(24)8-10-18)26-22(30)15-28(4)33(31,32)19-11-5-16(14-25)6-12-19/h5-13H,15H2,1-4H3,(H,26,30). The van der Waals surface area contributed by atoms with Gasteiger partial charge in [-0.2, -0.15) is 14.7 Å². The van der Waals surface area contributed by atoms with Gasteiger partial charge >= 0.3 is 0 Å². The molecular weight excluding hydrogens is 445 g/mol. The van der Waals surface area contributed by atoms with Gasteiger partial charge in [-0.3, -0.25) is 4.79 Å². The Hall–Kier alpha value is -3.55. The molecule has 10 heteroatoms. The number of carbonyl (C=O) groups is 1. The van der Waals surface area contributed by atoms with Gasteiger partial charge in [-0.15, -0.1) is 0 Å². The van der Waals surface area contributed by atoms with Crippen molar-refractivity contribution in [3.8, 4) is 11.8 Å². The number of rotatable bonds is 6. The van der Waals surface area contributed by atoms with Crippen molar-refractivity contribution in [3.05, 3.63) is 71.7 Å². The fourth-order valence-electron chi connectivity index (χ4n) is 2.97. The summed E-state index contributed by atoms with van der Waals surface area (Å²) in [6, 6.07) is 14.7. The Morgan fingerprint density at radius 1 is 1.15 bits per heavy atom. The fourth-order valence-corrected chi connectivity index (χ4v) is 4.09. The Balaban J connectivity index is 1.83. The highest BCUT2D eigenvalue weighted by Gasteiger charge is 2.25. The monoisotopic (exact) mass is 469 g/mol. The average molecular weight is 470 g/mol. The number of anilines is 1. The second-order valence-electron chi connectivity index (χ2n) is 8.50. The molecule has 0 bridgehead atoms. The summed E-state index contributed by atoms with van der Waals surface area (Å²) >= 11 is 0. The van der Waals surface area contributed by atoms with E-state index in [1.165, 1.54) is 60.3 Å². The lowest BCUT2D eigenvalue weighted by atomic mass is 9.92. The van der Waals surface area contributed by atoms with Crippen molar-refractivity contribution >= 4 is 21.7 Å². The van der Waals surface area contributed by atoms with Crippen molar-refractivity contribution in [3.63, 3.8) is 0 Å². The number of nitriles is 1. The van der Waals surface area contributed by atoms with Crippen LogP contribution in [0.2, 0.25) is 0 Å². The highest BCUT2D eigenvalue weighted by atomic mass is 32.2. The van der Waals surface area contributed by atoms with Crippen LogP contribution in [0.25, 0.3) is 5.69 Å². The second kappa shape index (κ2) is 9.13. The molecule has 0 aliphatic rings. The second-order valence-corrected chi connectivity index (χ2v) is 10.5. The lowest BCUT2D eigenvalue weighted by molar-refractivity contribution is -0.116. The minimum atomic E-state index is -3.94. The SMILES string of the molecule is CN(CC(=O)Nc1cc(C(C)(C)C)nn1-c1ccc(F)cc1)S(=O)(=O)c1ccc(C#N)cc1. The van der Waals surface area contributed by atoms with E-state index in [4.69, 9.17) is 5.26 Å². The van der Waals surface area contributed by atoms with Gasteiger partial charge < -0.3 is 5.32 Å².